The normalized spacial score (nSPS) is 12.5. The lowest BCUT2D eigenvalue weighted by molar-refractivity contribution is 0.520. The van der Waals surface area contributed by atoms with Gasteiger partial charge in [-0.05, 0) is 35.4 Å². The molecule has 0 spiro atoms. The van der Waals surface area contributed by atoms with Crippen LogP contribution in [0.25, 0.3) is 0 Å². The number of hydrogen-bond donors (Lipinski definition) is 0. The molecular formula is C16H18ClNO4S2. The van der Waals surface area contributed by atoms with Crippen LogP contribution in [0.15, 0.2) is 53.4 Å². The van der Waals surface area contributed by atoms with Crippen molar-refractivity contribution >= 4 is 31.5 Å². The Kier molecular flexibility index (Phi) is 5.70. The Balaban J connectivity index is 2.24. The first-order chi connectivity index (χ1) is 11.1. The smallest absolute Gasteiger partial charge is 0.228 e. The molecule has 0 aromatic heterocycles. The van der Waals surface area contributed by atoms with Gasteiger partial charge in [-0.15, -0.1) is 0 Å². The molecule has 0 unspecified atom stereocenters. The third-order valence-electron chi connectivity index (χ3n) is 3.34. The molecule has 0 heterocycles. The van der Waals surface area contributed by atoms with Gasteiger partial charge < -0.3 is 0 Å². The van der Waals surface area contributed by atoms with Gasteiger partial charge in [0, 0.05) is 19.1 Å². The van der Waals surface area contributed by atoms with E-state index in [0.29, 0.717) is 16.1 Å². The Morgan fingerprint density at radius 2 is 1.42 bits per heavy atom. The van der Waals surface area contributed by atoms with Crippen LogP contribution in [0.5, 0.6) is 0 Å². The highest BCUT2D eigenvalue weighted by atomic mass is 35.5. The molecule has 24 heavy (non-hydrogen) atoms. The van der Waals surface area contributed by atoms with E-state index in [1.165, 1.54) is 26.2 Å². The first kappa shape index (κ1) is 18.9. The fourth-order valence-corrected chi connectivity index (χ4v) is 4.85. The number of sulfonamides is 1. The van der Waals surface area contributed by atoms with Crippen LogP contribution in [-0.4, -0.2) is 35.2 Å². The van der Waals surface area contributed by atoms with Crippen LogP contribution in [0.4, 0.5) is 0 Å². The second-order valence-corrected chi connectivity index (χ2v) is 10.2. The van der Waals surface area contributed by atoms with Gasteiger partial charge in [-0.1, -0.05) is 35.9 Å². The molecule has 5 nitrogen and oxygen atoms in total. The molecule has 0 amide bonds. The zero-order valence-electron chi connectivity index (χ0n) is 13.3. The molecule has 130 valence electrons. The highest BCUT2D eigenvalue weighted by Crippen LogP contribution is 2.19. The summed E-state index contributed by atoms with van der Waals surface area (Å²) in [5.74, 6) is -0.394. The largest absolute Gasteiger partial charge is 0.242 e. The lowest BCUT2D eigenvalue weighted by atomic mass is 10.2. The summed E-state index contributed by atoms with van der Waals surface area (Å²) in [5, 5.41) is 0.474. The molecule has 0 atom stereocenters. The summed E-state index contributed by atoms with van der Waals surface area (Å²) in [7, 11) is -4.20. The molecule has 2 rings (SSSR count). The van der Waals surface area contributed by atoms with Crippen molar-refractivity contribution in [1.29, 1.82) is 0 Å². The number of nitrogens with zero attached hydrogens (tertiary/aromatic N) is 1. The van der Waals surface area contributed by atoms with Crippen molar-refractivity contribution in [2.75, 3.05) is 14.1 Å². The van der Waals surface area contributed by atoms with Gasteiger partial charge in [-0.25, -0.2) is 21.1 Å². The fraction of sp³-hybridized carbons (Fsp3) is 0.250. The minimum Gasteiger partial charge on any atom is -0.228 e. The van der Waals surface area contributed by atoms with Gasteiger partial charge in [0.25, 0.3) is 0 Å². The molecule has 0 fully saturated rings. The molecule has 2 aromatic carbocycles. The van der Waals surface area contributed by atoms with Crippen LogP contribution in [0.3, 0.4) is 0 Å². The van der Waals surface area contributed by atoms with Crippen molar-refractivity contribution in [3.05, 3.63) is 64.7 Å². The number of sulfone groups is 1. The van der Waals surface area contributed by atoms with Crippen LogP contribution in [0.1, 0.15) is 11.1 Å². The summed E-state index contributed by atoms with van der Waals surface area (Å²) in [4.78, 5) is 0.0722. The molecular weight excluding hydrogens is 370 g/mol. The Morgan fingerprint density at radius 3 is 1.96 bits per heavy atom. The Bertz CT molecular complexity index is 938. The summed E-state index contributed by atoms with van der Waals surface area (Å²) in [6.07, 6.45) is 0. The Labute approximate surface area is 147 Å². The molecule has 2 aromatic rings. The average Bonchev–Trinajstić information content (AvgIpc) is 2.46. The zero-order chi connectivity index (χ0) is 18.0. The van der Waals surface area contributed by atoms with Gasteiger partial charge in [0.05, 0.1) is 16.4 Å². The SMILES string of the molecule is CN(C)S(=O)(=O)c1cccc(CS(=O)(=O)Cc2cccc(Cl)c2)c1. The minimum absolute atomic E-state index is 0.0722. The van der Waals surface area contributed by atoms with Crippen molar-refractivity contribution in [3.63, 3.8) is 0 Å². The van der Waals surface area contributed by atoms with E-state index >= 15 is 0 Å². The summed E-state index contributed by atoms with van der Waals surface area (Å²) < 4.78 is 50.1. The lowest BCUT2D eigenvalue weighted by Gasteiger charge is -2.12. The molecule has 0 aliphatic rings. The van der Waals surface area contributed by atoms with Crippen molar-refractivity contribution in [2.45, 2.75) is 16.4 Å². The van der Waals surface area contributed by atoms with E-state index in [9.17, 15) is 16.8 Å². The molecule has 0 saturated heterocycles. The van der Waals surface area contributed by atoms with Gasteiger partial charge in [-0.3, -0.25) is 0 Å². The van der Waals surface area contributed by atoms with Crippen molar-refractivity contribution in [3.8, 4) is 0 Å². The lowest BCUT2D eigenvalue weighted by Crippen LogP contribution is -2.22. The summed E-state index contributed by atoms with van der Waals surface area (Å²) in [6, 6.07) is 12.6. The maximum Gasteiger partial charge on any atom is 0.242 e. The zero-order valence-corrected chi connectivity index (χ0v) is 15.7. The van der Waals surface area contributed by atoms with Crippen molar-refractivity contribution in [1.82, 2.24) is 4.31 Å². The molecule has 0 bridgehead atoms. The number of halogens is 1. The average molecular weight is 388 g/mol. The number of hydrogen-bond acceptors (Lipinski definition) is 4. The van der Waals surface area contributed by atoms with E-state index in [1.807, 2.05) is 0 Å². The minimum atomic E-state index is -3.60. The fourth-order valence-electron chi connectivity index (χ4n) is 2.19. The van der Waals surface area contributed by atoms with E-state index in [2.05, 4.69) is 0 Å². The second-order valence-electron chi connectivity index (χ2n) is 5.60. The molecule has 8 heteroatoms. The highest BCUT2D eigenvalue weighted by molar-refractivity contribution is 7.90. The van der Waals surface area contributed by atoms with E-state index in [0.717, 1.165) is 4.31 Å². The third-order valence-corrected chi connectivity index (χ3v) is 6.93. The molecule has 0 saturated carbocycles. The summed E-state index contributed by atoms with van der Waals surface area (Å²) in [6.45, 7) is 0. The molecule has 0 aliphatic carbocycles. The first-order valence-corrected chi connectivity index (χ1v) is 10.7. The predicted molar refractivity (Wildman–Crippen MR) is 95.1 cm³/mol. The Hall–Kier alpha value is -1.41. The van der Waals surface area contributed by atoms with E-state index < -0.39 is 19.9 Å². The van der Waals surface area contributed by atoms with Gasteiger partial charge in [0.2, 0.25) is 10.0 Å². The standard InChI is InChI=1S/C16H18ClNO4S2/c1-18(2)24(21,22)16-8-4-6-14(10-16)12-23(19,20)11-13-5-3-7-15(17)9-13/h3-10H,11-12H2,1-2H3. The summed E-state index contributed by atoms with van der Waals surface area (Å²) >= 11 is 5.87. The van der Waals surface area contributed by atoms with Gasteiger partial charge in [0.15, 0.2) is 9.84 Å². The van der Waals surface area contributed by atoms with Crippen LogP contribution in [0, 0.1) is 0 Å². The number of rotatable bonds is 6. The molecule has 0 radical (unpaired) electrons. The topological polar surface area (TPSA) is 71.5 Å². The van der Waals surface area contributed by atoms with Gasteiger partial charge >= 0.3 is 0 Å². The van der Waals surface area contributed by atoms with E-state index in [4.69, 9.17) is 11.6 Å². The quantitative estimate of drug-likeness (QED) is 0.764. The molecule has 0 N–H and O–H groups in total. The van der Waals surface area contributed by atoms with Crippen LogP contribution < -0.4 is 0 Å². The highest BCUT2D eigenvalue weighted by Gasteiger charge is 2.19. The van der Waals surface area contributed by atoms with Crippen LogP contribution in [-0.2, 0) is 31.4 Å². The van der Waals surface area contributed by atoms with Crippen molar-refractivity contribution < 1.29 is 16.8 Å². The third kappa shape index (κ3) is 4.80. The maximum absolute atomic E-state index is 12.4. The monoisotopic (exact) mass is 387 g/mol. The first-order valence-electron chi connectivity index (χ1n) is 7.06. The van der Waals surface area contributed by atoms with Gasteiger partial charge in [0.1, 0.15) is 0 Å². The maximum atomic E-state index is 12.4. The van der Waals surface area contributed by atoms with Gasteiger partial charge in [-0.2, -0.15) is 0 Å². The number of benzene rings is 2. The van der Waals surface area contributed by atoms with Crippen LogP contribution in [0.2, 0.25) is 5.02 Å². The predicted octanol–water partition coefficient (Wildman–Crippen LogP) is 2.71. The Morgan fingerprint density at radius 1 is 0.875 bits per heavy atom. The summed E-state index contributed by atoms with van der Waals surface area (Å²) in [5.41, 5.74) is 1.03. The van der Waals surface area contributed by atoms with E-state index in [1.54, 1.807) is 36.4 Å². The van der Waals surface area contributed by atoms with Crippen LogP contribution >= 0.6 is 11.6 Å². The van der Waals surface area contributed by atoms with Crippen molar-refractivity contribution in [2.24, 2.45) is 0 Å². The second kappa shape index (κ2) is 7.23. The van der Waals surface area contributed by atoms with E-state index in [-0.39, 0.29) is 16.4 Å². The molecule has 0 aliphatic heterocycles.